The van der Waals surface area contributed by atoms with Crippen LogP contribution in [0.1, 0.15) is 75.1 Å². The van der Waals surface area contributed by atoms with Crippen molar-refractivity contribution in [2.45, 2.75) is 66.2 Å². The van der Waals surface area contributed by atoms with Crippen molar-refractivity contribution < 1.29 is 20.8 Å². The van der Waals surface area contributed by atoms with Crippen LogP contribution in [0.4, 0.5) is 0 Å². The summed E-state index contributed by atoms with van der Waals surface area (Å²) in [6.45, 7) is 13.7. The Morgan fingerprint density at radius 3 is 2.17 bits per heavy atom. The van der Waals surface area contributed by atoms with Crippen LogP contribution in [0.2, 0.25) is 0 Å². The van der Waals surface area contributed by atoms with Crippen LogP contribution in [0.3, 0.4) is 0 Å². The van der Waals surface area contributed by atoms with Crippen LogP contribution in [0.5, 0.6) is 0 Å². The first-order valence-corrected chi connectivity index (χ1v) is 21.8. The monoisotopic (exact) mass is 670 g/mol. The predicted octanol–water partition coefficient (Wildman–Crippen LogP) is 10.2. The number of hydrogen-bond donors (Lipinski definition) is 0. The van der Waals surface area contributed by atoms with Crippen LogP contribution in [0, 0.1) is 13.0 Å². The van der Waals surface area contributed by atoms with Crippen LogP contribution in [0.25, 0.3) is 33.0 Å². The molecule has 0 N–H and O–H groups in total. The maximum atomic E-state index is 4.93. The van der Waals surface area contributed by atoms with Gasteiger partial charge in [-0.1, -0.05) is 112 Å². The Morgan fingerprint density at radius 2 is 1.51 bits per heavy atom. The fraction of sp³-hybridized carbons (Fsp3) is 0.270. The molecular weight excluding hydrogens is 635 g/mol. The average Bonchev–Trinajstić information content (AvgIpc) is 3.53. The van der Waals surface area contributed by atoms with Crippen LogP contribution in [-0.2, 0) is 27.3 Å². The smallest absolute Gasteiger partial charge is 0.0920 e. The van der Waals surface area contributed by atoms with Crippen LogP contribution < -0.4 is 10.4 Å². The molecule has 208 valence electrons. The van der Waals surface area contributed by atoms with Gasteiger partial charge in [-0.2, -0.15) is 35.5 Å². The second-order valence-corrected chi connectivity index (χ2v) is 16.3. The Bertz CT molecular complexity index is 1530. The minimum absolute atomic E-state index is 0.549. The molecule has 0 nitrogen and oxygen atoms in total. The minimum atomic E-state index is -0.826. The van der Waals surface area contributed by atoms with E-state index in [1.165, 1.54) is 72.1 Å². The topological polar surface area (TPSA) is 0 Å². The first-order valence-electron chi connectivity index (χ1n) is 14.4. The molecule has 1 aliphatic rings. The first kappa shape index (κ1) is 32.1. The van der Waals surface area contributed by atoms with E-state index in [4.69, 9.17) is 17.0 Å². The molecule has 5 aromatic rings. The van der Waals surface area contributed by atoms with E-state index in [1.807, 2.05) is 6.07 Å². The second kappa shape index (κ2) is 15.1. The molecule has 0 saturated heterocycles. The van der Waals surface area contributed by atoms with Gasteiger partial charge in [0.05, 0.1) is 9.52 Å². The van der Waals surface area contributed by atoms with Gasteiger partial charge in [-0.25, -0.2) is 0 Å². The van der Waals surface area contributed by atoms with Crippen LogP contribution in [0.15, 0.2) is 84.9 Å². The van der Waals surface area contributed by atoms with Gasteiger partial charge in [0.1, 0.15) is 0 Å². The third-order valence-electron chi connectivity index (χ3n) is 7.57. The fourth-order valence-electron chi connectivity index (χ4n) is 5.51. The van der Waals surface area contributed by atoms with Crippen LogP contribution in [-0.4, -0.2) is 9.52 Å². The minimum Gasteiger partial charge on any atom is -0.184 e. The Kier molecular flexibility index (Phi) is 11.8. The number of fused-ring (bicyclic) bond motifs is 4. The summed E-state index contributed by atoms with van der Waals surface area (Å²) < 4.78 is 0. The molecule has 0 aromatic heterocycles. The first-order chi connectivity index (χ1) is 19.8. The standard InChI is InChI=1S/C25H31.C12H7Si.2ClH.Zr/c1-7-8-19-9-10-20-11-18(6)12-24(20)25(19)23-14-21(16(2)3)13-22(15-23)17(4)5;1-3-7-11-9(5-1)10-6-2-4-8-12(10)13-11;;;/h9-17H,7-8H2,1-6H3;1-7H;2*1H;/q2*-1;;;+4/p-2. The van der Waals surface area contributed by atoms with Gasteiger partial charge in [0.2, 0.25) is 0 Å². The molecule has 0 spiro atoms. The van der Waals surface area contributed by atoms with Gasteiger partial charge >= 0.3 is 37.9 Å². The molecule has 0 atom stereocenters. The summed E-state index contributed by atoms with van der Waals surface area (Å²) >= 11 is -0.826. The van der Waals surface area contributed by atoms with Crippen LogP contribution >= 0.6 is 17.0 Å². The molecule has 41 heavy (non-hydrogen) atoms. The largest absolute Gasteiger partial charge is 0.184 e. The van der Waals surface area contributed by atoms with Crippen molar-refractivity contribution in [3.8, 4) is 22.3 Å². The molecule has 0 amide bonds. The summed E-state index contributed by atoms with van der Waals surface area (Å²) in [5.41, 5.74) is 11.4. The maximum absolute atomic E-state index is 4.93. The van der Waals surface area contributed by atoms with E-state index in [9.17, 15) is 0 Å². The summed E-state index contributed by atoms with van der Waals surface area (Å²) in [6, 6.07) is 34.7. The molecule has 1 aliphatic heterocycles. The molecule has 5 aromatic carbocycles. The SMILES string of the molecule is CCCc1ccc2[cH-]c(C)cc2c1-c1cc(C(C)C)cc(C(C)C)c1.[Cl][Zr+2][Cl].[c-]1cccc2c1[Si]c1ccccc1-2. The van der Waals surface area contributed by atoms with E-state index >= 15 is 0 Å². The fourth-order valence-corrected chi connectivity index (χ4v) is 6.82. The number of hydrogen-bond acceptors (Lipinski definition) is 0. The van der Waals surface area contributed by atoms with Gasteiger partial charge in [0.15, 0.2) is 0 Å². The summed E-state index contributed by atoms with van der Waals surface area (Å²) in [5.74, 6) is 1.10. The molecular formula is C37H38Cl2SiZr. The van der Waals surface area contributed by atoms with E-state index in [0.29, 0.717) is 11.8 Å². The normalized spacial score (nSPS) is 11.4. The Hall–Kier alpha value is -1.83. The summed E-state index contributed by atoms with van der Waals surface area (Å²) in [6.07, 6.45) is 2.32. The third kappa shape index (κ3) is 7.77. The molecule has 0 aliphatic carbocycles. The maximum Gasteiger partial charge on any atom is 0.0920 e. The van der Waals surface area contributed by atoms with Gasteiger partial charge < -0.3 is 0 Å². The van der Waals surface area contributed by atoms with Crippen molar-refractivity contribution in [3.05, 3.63) is 113 Å². The molecule has 0 fully saturated rings. The molecule has 6 rings (SSSR count). The third-order valence-corrected chi connectivity index (χ3v) is 8.94. The number of aryl methyl sites for hydroxylation is 2. The summed E-state index contributed by atoms with van der Waals surface area (Å²) in [5, 5.41) is 5.61. The zero-order chi connectivity index (χ0) is 29.5. The Labute approximate surface area is 268 Å². The van der Waals surface area contributed by atoms with Crippen molar-refractivity contribution >= 4 is 47.7 Å². The summed E-state index contributed by atoms with van der Waals surface area (Å²) in [4.78, 5) is 0. The van der Waals surface area contributed by atoms with Crippen molar-refractivity contribution in [1.29, 1.82) is 0 Å². The number of benzene rings is 4. The van der Waals surface area contributed by atoms with Gasteiger partial charge in [0, 0.05) is 0 Å². The van der Waals surface area contributed by atoms with E-state index < -0.39 is 20.8 Å². The molecule has 1 heterocycles. The zero-order valence-electron chi connectivity index (χ0n) is 24.9. The molecule has 0 unspecified atom stereocenters. The van der Waals surface area contributed by atoms with Crippen molar-refractivity contribution in [2.24, 2.45) is 0 Å². The second-order valence-electron chi connectivity index (χ2n) is 11.3. The van der Waals surface area contributed by atoms with E-state index in [0.717, 1.165) is 15.9 Å². The van der Waals surface area contributed by atoms with Gasteiger partial charge in [-0.15, -0.1) is 40.1 Å². The van der Waals surface area contributed by atoms with E-state index in [2.05, 4.69) is 126 Å². The van der Waals surface area contributed by atoms with Gasteiger partial charge in [-0.05, 0) is 34.9 Å². The summed E-state index contributed by atoms with van der Waals surface area (Å²) in [7, 11) is 10.7. The molecule has 2 radical (unpaired) electrons. The Balaban J connectivity index is 0.000000200. The van der Waals surface area contributed by atoms with Gasteiger partial charge in [-0.3, -0.25) is 0 Å². The van der Waals surface area contributed by atoms with Crippen molar-refractivity contribution in [2.75, 3.05) is 0 Å². The average molecular weight is 673 g/mol. The zero-order valence-corrected chi connectivity index (χ0v) is 29.9. The van der Waals surface area contributed by atoms with Gasteiger partial charge in [0.25, 0.3) is 0 Å². The van der Waals surface area contributed by atoms with Crippen molar-refractivity contribution in [1.82, 2.24) is 0 Å². The van der Waals surface area contributed by atoms with Crippen molar-refractivity contribution in [3.63, 3.8) is 0 Å². The molecule has 0 saturated carbocycles. The number of halogens is 2. The van der Waals surface area contributed by atoms with E-state index in [-0.39, 0.29) is 0 Å². The molecule has 4 heteroatoms. The molecule has 0 bridgehead atoms. The number of rotatable bonds is 5. The quantitative estimate of drug-likeness (QED) is 0.126. The Morgan fingerprint density at radius 1 is 0.854 bits per heavy atom. The van der Waals surface area contributed by atoms with E-state index in [1.54, 1.807) is 0 Å². The predicted molar refractivity (Wildman–Crippen MR) is 179 cm³/mol.